The highest BCUT2D eigenvalue weighted by molar-refractivity contribution is 6.31. The molecule has 1 saturated carbocycles. The van der Waals surface area contributed by atoms with Gasteiger partial charge in [-0.2, -0.15) is 0 Å². The zero-order chi connectivity index (χ0) is 16.6. The number of halogens is 2. The molecule has 6 heteroatoms. The van der Waals surface area contributed by atoms with Crippen molar-refractivity contribution in [2.24, 2.45) is 5.92 Å². The second-order valence-corrected chi connectivity index (χ2v) is 6.68. The number of carbonyl (C=O) groups is 2. The standard InChI is InChI=1S/C17H20ClFN2O2/c1-11-16(22)21(13-6-7-15(19)14(18)10-13)9-8-20(11)17(23)12-4-2-3-5-12/h6-7,10-12H,2-5,8-9H2,1H3/t11-/m1/s1. The first-order valence-electron chi connectivity index (χ1n) is 8.06. The summed E-state index contributed by atoms with van der Waals surface area (Å²) in [6, 6.07) is 3.75. The van der Waals surface area contributed by atoms with Crippen LogP contribution in [0.15, 0.2) is 18.2 Å². The number of rotatable bonds is 2. The van der Waals surface area contributed by atoms with Crippen LogP contribution in [0.5, 0.6) is 0 Å². The molecule has 2 fully saturated rings. The third kappa shape index (κ3) is 3.07. The molecule has 0 aromatic heterocycles. The molecule has 3 rings (SSSR count). The second-order valence-electron chi connectivity index (χ2n) is 6.28. The number of amides is 2. The quantitative estimate of drug-likeness (QED) is 0.830. The van der Waals surface area contributed by atoms with Crippen LogP contribution < -0.4 is 4.90 Å². The molecule has 0 N–H and O–H groups in total. The summed E-state index contributed by atoms with van der Waals surface area (Å²) in [5.41, 5.74) is 0.571. The van der Waals surface area contributed by atoms with Gasteiger partial charge in [0.25, 0.3) is 0 Å². The lowest BCUT2D eigenvalue weighted by atomic mass is 10.0. The van der Waals surface area contributed by atoms with Crippen molar-refractivity contribution in [1.82, 2.24) is 4.90 Å². The Bertz CT molecular complexity index is 631. The van der Waals surface area contributed by atoms with Gasteiger partial charge in [0, 0.05) is 24.7 Å². The molecular weight excluding hydrogens is 319 g/mol. The minimum Gasteiger partial charge on any atom is -0.329 e. The molecule has 2 amide bonds. The Labute approximate surface area is 140 Å². The predicted octanol–water partition coefficient (Wildman–Crippen LogP) is 3.23. The molecule has 23 heavy (non-hydrogen) atoms. The van der Waals surface area contributed by atoms with Gasteiger partial charge in [0.2, 0.25) is 11.8 Å². The van der Waals surface area contributed by atoms with Gasteiger partial charge in [0.05, 0.1) is 5.02 Å². The van der Waals surface area contributed by atoms with Crippen LogP contribution in [0.2, 0.25) is 5.02 Å². The van der Waals surface area contributed by atoms with Crippen molar-refractivity contribution in [3.63, 3.8) is 0 Å². The summed E-state index contributed by atoms with van der Waals surface area (Å²) in [4.78, 5) is 28.5. The minimum absolute atomic E-state index is 0.00702. The van der Waals surface area contributed by atoms with Crippen LogP contribution in [0.25, 0.3) is 0 Å². The largest absolute Gasteiger partial charge is 0.329 e. The Morgan fingerprint density at radius 2 is 1.96 bits per heavy atom. The number of nitrogens with zero attached hydrogens (tertiary/aromatic N) is 2. The van der Waals surface area contributed by atoms with Crippen LogP contribution in [-0.2, 0) is 9.59 Å². The predicted molar refractivity (Wildman–Crippen MR) is 86.9 cm³/mol. The van der Waals surface area contributed by atoms with Crippen LogP contribution >= 0.6 is 11.6 Å². The van der Waals surface area contributed by atoms with E-state index in [4.69, 9.17) is 11.6 Å². The zero-order valence-corrected chi connectivity index (χ0v) is 13.9. The number of hydrogen-bond donors (Lipinski definition) is 0. The SMILES string of the molecule is C[C@@H]1C(=O)N(c2ccc(F)c(Cl)c2)CCN1C(=O)C1CCCC1. The van der Waals surface area contributed by atoms with E-state index in [0.29, 0.717) is 18.8 Å². The Morgan fingerprint density at radius 1 is 1.26 bits per heavy atom. The maximum Gasteiger partial charge on any atom is 0.249 e. The van der Waals surface area contributed by atoms with Crippen LogP contribution in [-0.4, -0.2) is 35.8 Å². The monoisotopic (exact) mass is 338 g/mol. The molecule has 0 bridgehead atoms. The fourth-order valence-corrected chi connectivity index (χ4v) is 3.66. The normalized spacial score (nSPS) is 22.7. The molecule has 1 aliphatic heterocycles. The zero-order valence-electron chi connectivity index (χ0n) is 13.1. The molecule has 0 radical (unpaired) electrons. The van der Waals surface area contributed by atoms with Crippen molar-refractivity contribution < 1.29 is 14.0 Å². The van der Waals surface area contributed by atoms with Crippen molar-refractivity contribution >= 4 is 29.1 Å². The molecule has 1 heterocycles. The molecule has 1 atom stereocenters. The lowest BCUT2D eigenvalue weighted by Gasteiger charge is -2.40. The summed E-state index contributed by atoms with van der Waals surface area (Å²) in [6.07, 6.45) is 4.03. The lowest BCUT2D eigenvalue weighted by molar-refractivity contribution is -0.143. The van der Waals surface area contributed by atoms with Crippen molar-refractivity contribution in [2.45, 2.75) is 38.6 Å². The summed E-state index contributed by atoms with van der Waals surface area (Å²) in [5, 5.41) is -0.00702. The fraction of sp³-hybridized carbons (Fsp3) is 0.529. The van der Waals surface area contributed by atoms with Gasteiger partial charge in [-0.15, -0.1) is 0 Å². The van der Waals surface area contributed by atoms with Gasteiger partial charge >= 0.3 is 0 Å². The highest BCUT2D eigenvalue weighted by Crippen LogP contribution is 2.30. The van der Waals surface area contributed by atoms with Crippen molar-refractivity contribution in [3.8, 4) is 0 Å². The second kappa shape index (κ2) is 6.48. The third-order valence-corrected chi connectivity index (χ3v) is 5.15. The highest BCUT2D eigenvalue weighted by atomic mass is 35.5. The van der Waals surface area contributed by atoms with Crippen LogP contribution in [0.3, 0.4) is 0 Å². The first-order chi connectivity index (χ1) is 11.0. The molecule has 0 spiro atoms. The lowest BCUT2D eigenvalue weighted by Crippen LogP contribution is -2.58. The first kappa shape index (κ1) is 16.2. The van der Waals surface area contributed by atoms with Gasteiger partial charge in [-0.1, -0.05) is 24.4 Å². The number of piperazine rings is 1. The van der Waals surface area contributed by atoms with Gasteiger partial charge in [0.1, 0.15) is 11.9 Å². The van der Waals surface area contributed by atoms with Crippen molar-refractivity contribution in [3.05, 3.63) is 29.0 Å². The van der Waals surface area contributed by atoms with Crippen molar-refractivity contribution in [2.75, 3.05) is 18.0 Å². The third-order valence-electron chi connectivity index (χ3n) is 4.86. The van der Waals surface area contributed by atoms with Crippen molar-refractivity contribution in [1.29, 1.82) is 0 Å². The van der Waals surface area contributed by atoms with Gasteiger partial charge < -0.3 is 9.80 Å². The Morgan fingerprint density at radius 3 is 2.61 bits per heavy atom. The average Bonchev–Trinajstić information content (AvgIpc) is 3.06. The Kier molecular flexibility index (Phi) is 4.57. The molecule has 1 aliphatic carbocycles. The smallest absolute Gasteiger partial charge is 0.249 e. The van der Waals surface area contributed by atoms with E-state index in [9.17, 15) is 14.0 Å². The van der Waals surface area contributed by atoms with E-state index in [2.05, 4.69) is 0 Å². The molecular formula is C17H20ClFN2O2. The fourth-order valence-electron chi connectivity index (χ4n) is 3.49. The van der Waals surface area contributed by atoms with E-state index in [1.807, 2.05) is 0 Å². The van der Waals surface area contributed by atoms with E-state index < -0.39 is 11.9 Å². The first-order valence-corrected chi connectivity index (χ1v) is 8.43. The average molecular weight is 339 g/mol. The summed E-state index contributed by atoms with van der Waals surface area (Å²) in [5.74, 6) is -0.492. The van der Waals surface area contributed by atoms with Crippen LogP contribution in [0.4, 0.5) is 10.1 Å². The number of hydrogen-bond acceptors (Lipinski definition) is 2. The summed E-state index contributed by atoms with van der Waals surface area (Å²) < 4.78 is 13.3. The molecule has 1 aromatic carbocycles. The van der Waals surface area contributed by atoms with E-state index >= 15 is 0 Å². The minimum atomic E-state index is -0.508. The van der Waals surface area contributed by atoms with Gasteiger partial charge in [-0.3, -0.25) is 9.59 Å². The van der Waals surface area contributed by atoms with E-state index in [1.165, 1.54) is 12.1 Å². The molecule has 2 aliphatic rings. The molecule has 1 aromatic rings. The molecule has 0 unspecified atom stereocenters. The van der Waals surface area contributed by atoms with Gasteiger partial charge in [-0.05, 0) is 38.0 Å². The van der Waals surface area contributed by atoms with E-state index in [0.717, 1.165) is 25.7 Å². The maximum absolute atomic E-state index is 13.3. The Hall–Kier alpha value is -1.62. The molecule has 1 saturated heterocycles. The molecule has 124 valence electrons. The summed E-state index contributed by atoms with van der Waals surface area (Å²) in [6.45, 7) is 2.66. The van der Waals surface area contributed by atoms with Crippen LogP contribution in [0, 0.1) is 11.7 Å². The summed E-state index contributed by atoms with van der Waals surface area (Å²) in [7, 11) is 0. The van der Waals surface area contributed by atoms with E-state index in [-0.39, 0.29) is 22.8 Å². The topological polar surface area (TPSA) is 40.6 Å². The van der Waals surface area contributed by atoms with Gasteiger partial charge in [-0.25, -0.2) is 4.39 Å². The maximum atomic E-state index is 13.3. The van der Waals surface area contributed by atoms with Crippen LogP contribution in [0.1, 0.15) is 32.6 Å². The summed E-state index contributed by atoms with van der Waals surface area (Å²) >= 11 is 5.80. The highest BCUT2D eigenvalue weighted by Gasteiger charge is 2.38. The number of carbonyl (C=O) groups excluding carboxylic acids is 2. The number of anilines is 1. The van der Waals surface area contributed by atoms with E-state index in [1.54, 1.807) is 22.8 Å². The molecule has 4 nitrogen and oxygen atoms in total. The Balaban J connectivity index is 1.75. The number of benzene rings is 1. The van der Waals surface area contributed by atoms with Gasteiger partial charge in [0.15, 0.2) is 0 Å².